The Hall–Kier alpha value is -1.19. The SMILES string of the molecule is CNC(CC1Cc2ccccc21)c1cncs1. The zero-order valence-corrected chi connectivity index (χ0v) is 10.7. The minimum Gasteiger partial charge on any atom is -0.312 e. The van der Waals surface area contributed by atoms with Crippen molar-refractivity contribution in [2.24, 2.45) is 0 Å². The summed E-state index contributed by atoms with van der Waals surface area (Å²) >= 11 is 1.74. The maximum atomic E-state index is 4.16. The van der Waals surface area contributed by atoms with Crippen molar-refractivity contribution in [3.63, 3.8) is 0 Å². The molecule has 2 nitrogen and oxygen atoms in total. The van der Waals surface area contributed by atoms with Crippen molar-refractivity contribution < 1.29 is 0 Å². The van der Waals surface area contributed by atoms with Gasteiger partial charge in [0.05, 0.1) is 5.51 Å². The highest BCUT2D eigenvalue weighted by atomic mass is 32.1. The molecule has 3 heteroatoms. The van der Waals surface area contributed by atoms with Crippen molar-refractivity contribution >= 4 is 11.3 Å². The highest BCUT2D eigenvalue weighted by Crippen LogP contribution is 2.40. The van der Waals surface area contributed by atoms with Crippen molar-refractivity contribution in [3.05, 3.63) is 52.0 Å². The number of benzene rings is 1. The van der Waals surface area contributed by atoms with E-state index in [2.05, 4.69) is 34.6 Å². The Labute approximate surface area is 106 Å². The van der Waals surface area contributed by atoms with Gasteiger partial charge >= 0.3 is 0 Å². The molecule has 0 bridgehead atoms. The van der Waals surface area contributed by atoms with E-state index in [0.29, 0.717) is 12.0 Å². The summed E-state index contributed by atoms with van der Waals surface area (Å²) in [6.45, 7) is 0. The van der Waals surface area contributed by atoms with Crippen LogP contribution in [0.3, 0.4) is 0 Å². The molecule has 1 aliphatic carbocycles. The zero-order chi connectivity index (χ0) is 11.7. The van der Waals surface area contributed by atoms with E-state index in [1.165, 1.54) is 28.8 Å². The summed E-state index contributed by atoms with van der Waals surface area (Å²) < 4.78 is 0. The van der Waals surface area contributed by atoms with Crippen LogP contribution in [0.5, 0.6) is 0 Å². The Morgan fingerprint density at radius 2 is 2.35 bits per heavy atom. The van der Waals surface area contributed by atoms with Gasteiger partial charge in [-0.2, -0.15) is 0 Å². The second kappa shape index (κ2) is 4.59. The lowest BCUT2D eigenvalue weighted by atomic mass is 9.74. The summed E-state index contributed by atoms with van der Waals surface area (Å²) in [5.41, 5.74) is 4.97. The van der Waals surface area contributed by atoms with Crippen LogP contribution in [0, 0.1) is 0 Å². The van der Waals surface area contributed by atoms with Gasteiger partial charge in [0, 0.05) is 17.1 Å². The molecule has 0 spiro atoms. The van der Waals surface area contributed by atoms with Crippen LogP contribution < -0.4 is 5.32 Å². The molecule has 2 unspecified atom stereocenters. The molecule has 1 N–H and O–H groups in total. The molecule has 0 saturated heterocycles. The second-order valence-corrected chi connectivity index (χ2v) is 5.50. The van der Waals surface area contributed by atoms with E-state index in [4.69, 9.17) is 0 Å². The molecule has 2 aromatic rings. The van der Waals surface area contributed by atoms with Crippen molar-refractivity contribution in [1.29, 1.82) is 0 Å². The number of nitrogens with zero attached hydrogens (tertiary/aromatic N) is 1. The molecule has 88 valence electrons. The van der Waals surface area contributed by atoms with E-state index >= 15 is 0 Å². The fourth-order valence-electron chi connectivity index (χ4n) is 2.63. The Morgan fingerprint density at radius 1 is 1.47 bits per heavy atom. The predicted molar refractivity (Wildman–Crippen MR) is 71.4 cm³/mol. The maximum Gasteiger partial charge on any atom is 0.0794 e. The summed E-state index contributed by atoms with van der Waals surface area (Å²) in [5.74, 6) is 0.714. The first-order chi connectivity index (χ1) is 8.38. The fraction of sp³-hybridized carbons (Fsp3) is 0.357. The van der Waals surface area contributed by atoms with Crippen LogP contribution in [0.25, 0.3) is 0 Å². The lowest BCUT2D eigenvalue weighted by molar-refractivity contribution is 0.456. The molecule has 1 heterocycles. The average molecular weight is 244 g/mol. The molecule has 1 aromatic heterocycles. The molecule has 1 aliphatic rings. The largest absolute Gasteiger partial charge is 0.312 e. The van der Waals surface area contributed by atoms with Gasteiger partial charge in [0.15, 0.2) is 0 Å². The minimum atomic E-state index is 0.445. The molecule has 0 amide bonds. The standard InChI is InChI=1S/C14H16N2S/c1-15-13(14-8-16-9-17-14)7-11-6-10-4-2-3-5-12(10)11/h2-5,8-9,11,13,15H,6-7H2,1H3. The van der Waals surface area contributed by atoms with E-state index in [0.717, 1.165) is 0 Å². The second-order valence-electron chi connectivity index (χ2n) is 4.58. The zero-order valence-electron chi connectivity index (χ0n) is 9.89. The molecule has 1 aromatic carbocycles. The van der Waals surface area contributed by atoms with Gasteiger partial charge in [-0.05, 0) is 36.9 Å². The first-order valence-corrected chi connectivity index (χ1v) is 6.90. The van der Waals surface area contributed by atoms with E-state index in [9.17, 15) is 0 Å². The predicted octanol–water partition coefficient (Wildman–Crippen LogP) is 3.13. The summed E-state index contributed by atoms with van der Waals surface area (Å²) in [5, 5.41) is 3.40. The van der Waals surface area contributed by atoms with Gasteiger partial charge in [-0.25, -0.2) is 0 Å². The molecule has 0 fully saturated rings. The van der Waals surface area contributed by atoms with Gasteiger partial charge in [0.25, 0.3) is 0 Å². The van der Waals surface area contributed by atoms with Crippen LogP contribution in [0.4, 0.5) is 0 Å². The van der Waals surface area contributed by atoms with E-state index in [-0.39, 0.29) is 0 Å². The molecule has 17 heavy (non-hydrogen) atoms. The Bertz CT molecular complexity index is 493. The molecular weight excluding hydrogens is 228 g/mol. The third kappa shape index (κ3) is 2.01. The van der Waals surface area contributed by atoms with Crippen molar-refractivity contribution in [2.45, 2.75) is 24.8 Å². The minimum absolute atomic E-state index is 0.445. The van der Waals surface area contributed by atoms with Crippen LogP contribution in [0.2, 0.25) is 0 Å². The number of fused-ring (bicyclic) bond motifs is 1. The number of thiazole rings is 1. The summed E-state index contributed by atoms with van der Waals surface area (Å²) in [4.78, 5) is 5.51. The van der Waals surface area contributed by atoms with Gasteiger partial charge in [0.1, 0.15) is 0 Å². The molecular formula is C14H16N2S. The van der Waals surface area contributed by atoms with Gasteiger partial charge in [0.2, 0.25) is 0 Å². The van der Waals surface area contributed by atoms with Gasteiger partial charge in [-0.15, -0.1) is 11.3 Å². The van der Waals surface area contributed by atoms with E-state index in [1.54, 1.807) is 11.3 Å². The van der Waals surface area contributed by atoms with Crippen LogP contribution in [0.1, 0.15) is 34.4 Å². The number of rotatable bonds is 4. The lowest BCUT2D eigenvalue weighted by Crippen LogP contribution is -2.24. The number of hydrogen-bond acceptors (Lipinski definition) is 3. The summed E-state index contributed by atoms with van der Waals surface area (Å²) in [6.07, 6.45) is 4.39. The number of nitrogens with one attached hydrogen (secondary N) is 1. The average Bonchev–Trinajstić information content (AvgIpc) is 2.84. The molecule has 0 radical (unpaired) electrons. The maximum absolute atomic E-state index is 4.16. The molecule has 3 rings (SSSR count). The van der Waals surface area contributed by atoms with Crippen molar-refractivity contribution in [3.8, 4) is 0 Å². The smallest absolute Gasteiger partial charge is 0.0794 e. The monoisotopic (exact) mass is 244 g/mol. The number of hydrogen-bond donors (Lipinski definition) is 1. The van der Waals surface area contributed by atoms with Crippen LogP contribution in [0.15, 0.2) is 36.0 Å². The Kier molecular flexibility index (Phi) is 2.95. The van der Waals surface area contributed by atoms with E-state index in [1.807, 2.05) is 18.8 Å². The lowest BCUT2D eigenvalue weighted by Gasteiger charge is -2.32. The highest BCUT2D eigenvalue weighted by molar-refractivity contribution is 7.09. The highest BCUT2D eigenvalue weighted by Gasteiger charge is 2.28. The number of aromatic nitrogens is 1. The third-order valence-corrected chi connectivity index (χ3v) is 4.51. The molecule has 0 aliphatic heterocycles. The quantitative estimate of drug-likeness (QED) is 0.893. The summed E-state index contributed by atoms with van der Waals surface area (Å²) in [6, 6.07) is 9.23. The first-order valence-electron chi connectivity index (χ1n) is 6.02. The van der Waals surface area contributed by atoms with Crippen LogP contribution >= 0.6 is 11.3 Å². The fourth-order valence-corrected chi connectivity index (χ4v) is 3.37. The van der Waals surface area contributed by atoms with Gasteiger partial charge in [-0.1, -0.05) is 24.3 Å². The van der Waals surface area contributed by atoms with Crippen molar-refractivity contribution in [2.75, 3.05) is 7.05 Å². The first kappa shape index (κ1) is 10.9. The van der Waals surface area contributed by atoms with E-state index < -0.39 is 0 Å². The van der Waals surface area contributed by atoms with Gasteiger partial charge < -0.3 is 5.32 Å². The molecule has 0 saturated carbocycles. The van der Waals surface area contributed by atoms with Crippen LogP contribution in [-0.4, -0.2) is 12.0 Å². The third-order valence-electron chi connectivity index (χ3n) is 3.62. The van der Waals surface area contributed by atoms with Crippen LogP contribution in [-0.2, 0) is 6.42 Å². The molecule has 2 atom stereocenters. The Balaban J connectivity index is 1.73. The Morgan fingerprint density at radius 3 is 3.06 bits per heavy atom. The van der Waals surface area contributed by atoms with Gasteiger partial charge in [-0.3, -0.25) is 4.98 Å². The topological polar surface area (TPSA) is 24.9 Å². The summed E-state index contributed by atoms with van der Waals surface area (Å²) in [7, 11) is 2.04. The van der Waals surface area contributed by atoms with Crippen molar-refractivity contribution in [1.82, 2.24) is 10.3 Å². The normalized spacial score (nSPS) is 19.5.